The van der Waals surface area contributed by atoms with Gasteiger partial charge >= 0.3 is 0 Å². The van der Waals surface area contributed by atoms with Gasteiger partial charge in [-0.15, -0.1) is 0 Å². The lowest BCUT2D eigenvalue weighted by Crippen LogP contribution is -2.02. The molecular weight excluding hydrogens is 295 g/mol. The molecule has 0 unspecified atom stereocenters. The van der Waals surface area contributed by atoms with Crippen LogP contribution in [0.25, 0.3) is 11.0 Å². The molecule has 0 aliphatic rings. The number of rotatable bonds is 2. The molecule has 2 nitrogen and oxygen atoms in total. The Morgan fingerprint density at radius 1 is 1.10 bits per heavy atom. The fraction of sp³-hybridized carbons (Fsp3) is 0.0625. The third kappa shape index (κ3) is 2.21. The van der Waals surface area contributed by atoms with Gasteiger partial charge in [0.15, 0.2) is 5.76 Å². The number of carbonyl (C=O) groups is 1. The SMILES string of the molecule is Cc1c(Cl)cccc1C(=O)c1cc2cc(Cl)ccc2o1. The van der Waals surface area contributed by atoms with E-state index in [0.717, 1.165) is 10.9 Å². The minimum absolute atomic E-state index is 0.183. The summed E-state index contributed by atoms with van der Waals surface area (Å²) in [4.78, 5) is 12.5. The topological polar surface area (TPSA) is 30.2 Å². The van der Waals surface area contributed by atoms with Crippen molar-refractivity contribution in [3.8, 4) is 0 Å². The molecule has 0 aliphatic carbocycles. The maximum atomic E-state index is 12.5. The second-order valence-electron chi connectivity index (χ2n) is 4.53. The average Bonchev–Trinajstić information content (AvgIpc) is 2.84. The predicted molar refractivity (Wildman–Crippen MR) is 80.8 cm³/mol. The van der Waals surface area contributed by atoms with Crippen molar-refractivity contribution in [2.75, 3.05) is 0 Å². The zero-order valence-corrected chi connectivity index (χ0v) is 12.1. The molecule has 0 atom stereocenters. The molecule has 3 rings (SSSR count). The van der Waals surface area contributed by atoms with Crippen molar-refractivity contribution < 1.29 is 9.21 Å². The Kier molecular flexibility index (Phi) is 3.28. The van der Waals surface area contributed by atoms with Crippen LogP contribution < -0.4 is 0 Å². The van der Waals surface area contributed by atoms with Crippen molar-refractivity contribution in [3.63, 3.8) is 0 Å². The van der Waals surface area contributed by atoms with Crippen LogP contribution in [0, 0.1) is 6.92 Å². The number of benzene rings is 2. The number of fused-ring (bicyclic) bond motifs is 1. The molecule has 0 saturated heterocycles. The second-order valence-corrected chi connectivity index (χ2v) is 5.38. The smallest absolute Gasteiger partial charge is 0.228 e. The first-order chi connectivity index (χ1) is 9.56. The van der Waals surface area contributed by atoms with Gasteiger partial charge in [0.2, 0.25) is 5.78 Å². The third-order valence-electron chi connectivity index (χ3n) is 3.21. The predicted octanol–water partition coefficient (Wildman–Crippen LogP) is 5.28. The lowest BCUT2D eigenvalue weighted by atomic mass is 10.0. The van der Waals surface area contributed by atoms with E-state index < -0.39 is 0 Å². The largest absolute Gasteiger partial charge is 0.453 e. The molecule has 0 radical (unpaired) electrons. The van der Waals surface area contributed by atoms with Crippen LogP contribution in [0.5, 0.6) is 0 Å². The van der Waals surface area contributed by atoms with Crippen molar-refractivity contribution in [2.24, 2.45) is 0 Å². The maximum absolute atomic E-state index is 12.5. The van der Waals surface area contributed by atoms with Gasteiger partial charge in [0.05, 0.1) is 0 Å². The van der Waals surface area contributed by atoms with E-state index in [2.05, 4.69) is 0 Å². The number of furan rings is 1. The molecule has 20 heavy (non-hydrogen) atoms. The molecule has 0 spiro atoms. The minimum atomic E-state index is -0.183. The summed E-state index contributed by atoms with van der Waals surface area (Å²) in [5.41, 5.74) is 1.93. The molecule has 3 aromatic rings. The Labute approximate surface area is 125 Å². The Balaban J connectivity index is 2.10. The summed E-state index contributed by atoms with van der Waals surface area (Å²) in [6.07, 6.45) is 0. The van der Waals surface area contributed by atoms with Crippen molar-refractivity contribution >= 4 is 40.0 Å². The van der Waals surface area contributed by atoms with Gasteiger partial charge in [-0.1, -0.05) is 35.3 Å². The van der Waals surface area contributed by atoms with E-state index in [1.54, 1.807) is 42.5 Å². The summed E-state index contributed by atoms with van der Waals surface area (Å²) >= 11 is 12.0. The van der Waals surface area contributed by atoms with Crippen molar-refractivity contribution in [1.82, 2.24) is 0 Å². The highest BCUT2D eigenvalue weighted by atomic mass is 35.5. The summed E-state index contributed by atoms with van der Waals surface area (Å²) in [6.45, 7) is 1.81. The first-order valence-corrected chi connectivity index (χ1v) is 6.81. The van der Waals surface area contributed by atoms with Crippen molar-refractivity contribution in [1.29, 1.82) is 0 Å². The Bertz CT molecular complexity index is 818. The van der Waals surface area contributed by atoms with Gasteiger partial charge in [-0.3, -0.25) is 4.79 Å². The van der Waals surface area contributed by atoms with Crippen LogP contribution >= 0.6 is 23.2 Å². The quantitative estimate of drug-likeness (QED) is 0.603. The van der Waals surface area contributed by atoms with E-state index in [-0.39, 0.29) is 11.5 Å². The van der Waals surface area contributed by atoms with Crippen LogP contribution in [0.15, 0.2) is 46.9 Å². The van der Waals surface area contributed by atoms with E-state index in [1.165, 1.54) is 0 Å². The Hall–Kier alpha value is -1.77. The van der Waals surface area contributed by atoms with Gasteiger partial charge in [-0.2, -0.15) is 0 Å². The summed E-state index contributed by atoms with van der Waals surface area (Å²) in [5, 5.41) is 1.98. The first-order valence-electron chi connectivity index (χ1n) is 6.05. The van der Waals surface area contributed by atoms with Crippen molar-refractivity contribution in [3.05, 3.63) is 69.4 Å². The van der Waals surface area contributed by atoms with E-state index in [1.807, 2.05) is 6.92 Å². The summed E-state index contributed by atoms with van der Waals surface area (Å²) in [5.74, 6) is 0.102. The molecule has 1 heterocycles. The van der Waals surface area contributed by atoms with Crippen LogP contribution in [0.2, 0.25) is 10.0 Å². The Morgan fingerprint density at radius 2 is 1.90 bits per heavy atom. The number of halogens is 2. The monoisotopic (exact) mass is 304 g/mol. The zero-order chi connectivity index (χ0) is 14.3. The van der Waals surface area contributed by atoms with E-state index in [0.29, 0.717) is 21.2 Å². The van der Waals surface area contributed by atoms with Crippen LogP contribution in [0.3, 0.4) is 0 Å². The van der Waals surface area contributed by atoms with Crippen LogP contribution in [0.4, 0.5) is 0 Å². The first kappa shape index (κ1) is 13.2. The number of carbonyl (C=O) groups excluding carboxylic acids is 1. The number of hydrogen-bond donors (Lipinski definition) is 0. The summed E-state index contributed by atoms with van der Waals surface area (Å²) in [7, 11) is 0. The molecule has 0 fully saturated rings. The normalized spacial score (nSPS) is 10.9. The van der Waals surface area contributed by atoms with Gasteiger partial charge in [0.1, 0.15) is 5.58 Å². The minimum Gasteiger partial charge on any atom is -0.453 e. The molecule has 0 N–H and O–H groups in total. The highest BCUT2D eigenvalue weighted by Crippen LogP contribution is 2.26. The number of hydrogen-bond acceptors (Lipinski definition) is 2. The number of ketones is 1. The third-order valence-corrected chi connectivity index (χ3v) is 3.86. The van der Waals surface area contributed by atoms with Crippen molar-refractivity contribution in [2.45, 2.75) is 6.92 Å². The molecular formula is C16H10Cl2O2. The van der Waals surface area contributed by atoms with Gasteiger partial charge in [0.25, 0.3) is 0 Å². The molecule has 2 aromatic carbocycles. The zero-order valence-electron chi connectivity index (χ0n) is 10.6. The lowest BCUT2D eigenvalue weighted by molar-refractivity contribution is 0.101. The molecule has 0 bridgehead atoms. The van der Waals surface area contributed by atoms with Gasteiger partial charge in [0, 0.05) is 21.0 Å². The van der Waals surface area contributed by atoms with Crippen LogP contribution in [-0.4, -0.2) is 5.78 Å². The highest BCUT2D eigenvalue weighted by Gasteiger charge is 2.17. The van der Waals surface area contributed by atoms with Gasteiger partial charge in [-0.25, -0.2) is 0 Å². The van der Waals surface area contributed by atoms with Crippen LogP contribution in [0.1, 0.15) is 21.7 Å². The van der Waals surface area contributed by atoms with E-state index >= 15 is 0 Å². The fourth-order valence-corrected chi connectivity index (χ4v) is 2.47. The lowest BCUT2D eigenvalue weighted by Gasteiger charge is -2.04. The van der Waals surface area contributed by atoms with Gasteiger partial charge < -0.3 is 4.42 Å². The fourth-order valence-electron chi connectivity index (χ4n) is 2.11. The maximum Gasteiger partial charge on any atom is 0.228 e. The molecule has 4 heteroatoms. The van der Waals surface area contributed by atoms with E-state index in [4.69, 9.17) is 27.6 Å². The van der Waals surface area contributed by atoms with Gasteiger partial charge in [-0.05, 0) is 42.8 Å². The highest BCUT2D eigenvalue weighted by molar-refractivity contribution is 6.32. The molecule has 1 aromatic heterocycles. The molecule has 0 aliphatic heterocycles. The Morgan fingerprint density at radius 3 is 2.70 bits per heavy atom. The standard InChI is InChI=1S/C16H10Cl2O2/c1-9-12(3-2-4-13(9)18)16(19)15-8-10-7-11(17)5-6-14(10)20-15/h2-8H,1H3. The second kappa shape index (κ2) is 4.97. The van der Waals surface area contributed by atoms with E-state index in [9.17, 15) is 4.79 Å². The summed E-state index contributed by atoms with van der Waals surface area (Å²) < 4.78 is 5.58. The average molecular weight is 305 g/mol. The van der Waals surface area contributed by atoms with Crippen LogP contribution in [-0.2, 0) is 0 Å². The molecule has 100 valence electrons. The summed E-state index contributed by atoms with van der Waals surface area (Å²) in [6, 6.07) is 12.2. The molecule has 0 saturated carbocycles. The molecule has 0 amide bonds.